The van der Waals surface area contributed by atoms with Crippen LogP contribution in [-0.4, -0.2) is 43.4 Å². The Kier molecular flexibility index (Phi) is 12.5. The Morgan fingerprint density at radius 2 is 1.43 bits per heavy atom. The fourth-order valence-corrected chi connectivity index (χ4v) is 7.98. The molecule has 0 amide bonds. The van der Waals surface area contributed by atoms with Gasteiger partial charge in [-0.15, -0.1) is 0 Å². The standard InChI is InChI=1S/C34H41Cl2N2O2S.BrH/c1-5-38(6-2,25-29-21-26(3)20-27(4)22-29)19-10-9-18-37(41(39,40)33-15-11-14-32(35)34(33)36)24-28-16-17-30-12-7-8-13-31(30)23-28;/h7-8,11-17,20-23H,5-6,9-10,18-19,24-25H2,1-4H3;1H/q+1;/p-1. The zero-order valence-electron chi connectivity index (χ0n) is 24.9. The molecule has 226 valence electrons. The monoisotopic (exact) mass is 690 g/mol. The van der Waals surface area contributed by atoms with Gasteiger partial charge in [-0.2, -0.15) is 4.31 Å². The first-order valence-corrected chi connectivity index (χ1v) is 16.6. The first-order valence-electron chi connectivity index (χ1n) is 14.4. The Morgan fingerprint density at radius 1 is 0.762 bits per heavy atom. The number of halogens is 3. The van der Waals surface area contributed by atoms with E-state index >= 15 is 0 Å². The smallest absolute Gasteiger partial charge is 0.244 e. The van der Waals surface area contributed by atoms with Gasteiger partial charge >= 0.3 is 0 Å². The van der Waals surface area contributed by atoms with Crippen molar-refractivity contribution in [2.45, 2.75) is 58.5 Å². The van der Waals surface area contributed by atoms with E-state index in [2.05, 4.69) is 58.0 Å². The maximum Gasteiger partial charge on any atom is 0.244 e. The summed E-state index contributed by atoms with van der Waals surface area (Å²) in [5.41, 5.74) is 4.88. The van der Waals surface area contributed by atoms with Crippen LogP contribution < -0.4 is 17.0 Å². The van der Waals surface area contributed by atoms with Gasteiger partial charge in [0, 0.05) is 18.7 Å². The molecule has 0 aliphatic carbocycles. The molecule has 0 unspecified atom stereocenters. The van der Waals surface area contributed by atoms with E-state index in [9.17, 15) is 8.42 Å². The van der Waals surface area contributed by atoms with Gasteiger partial charge in [-0.05, 0) is 75.1 Å². The van der Waals surface area contributed by atoms with Gasteiger partial charge in [-0.25, -0.2) is 8.42 Å². The Bertz CT molecular complexity index is 1590. The lowest BCUT2D eigenvalue weighted by Crippen LogP contribution is -3.00. The second-order valence-electron chi connectivity index (χ2n) is 11.1. The molecule has 0 atom stereocenters. The molecule has 0 heterocycles. The topological polar surface area (TPSA) is 37.4 Å². The molecule has 0 radical (unpaired) electrons. The highest BCUT2D eigenvalue weighted by Gasteiger charge is 2.29. The van der Waals surface area contributed by atoms with Crippen LogP contribution in [0.5, 0.6) is 0 Å². The molecular formula is C34H41BrCl2N2O2S. The van der Waals surface area contributed by atoms with E-state index in [1.54, 1.807) is 16.4 Å². The van der Waals surface area contributed by atoms with Gasteiger partial charge < -0.3 is 21.5 Å². The zero-order chi connectivity index (χ0) is 29.6. The zero-order valence-corrected chi connectivity index (χ0v) is 28.8. The molecule has 0 saturated heterocycles. The van der Waals surface area contributed by atoms with E-state index in [0.29, 0.717) is 6.54 Å². The molecule has 0 N–H and O–H groups in total. The largest absolute Gasteiger partial charge is 1.00 e. The Balaban J connectivity index is 0.00000484. The van der Waals surface area contributed by atoms with Crippen LogP contribution in [0.4, 0.5) is 0 Å². The molecule has 0 saturated carbocycles. The van der Waals surface area contributed by atoms with Gasteiger partial charge in [0.15, 0.2) is 0 Å². The molecule has 42 heavy (non-hydrogen) atoms. The van der Waals surface area contributed by atoms with E-state index in [4.69, 9.17) is 23.2 Å². The summed E-state index contributed by atoms with van der Waals surface area (Å²) in [6, 6.07) is 25.8. The van der Waals surface area contributed by atoms with Crippen molar-refractivity contribution >= 4 is 44.0 Å². The van der Waals surface area contributed by atoms with Gasteiger partial charge in [-0.3, -0.25) is 0 Å². The lowest BCUT2D eigenvalue weighted by Gasteiger charge is -2.37. The summed E-state index contributed by atoms with van der Waals surface area (Å²) in [4.78, 5) is 0.0505. The molecule has 4 aromatic rings. The lowest BCUT2D eigenvalue weighted by atomic mass is 10.1. The van der Waals surface area contributed by atoms with E-state index in [1.807, 2.05) is 30.3 Å². The molecule has 8 heteroatoms. The van der Waals surface area contributed by atoms with Crippen molar-refractivity contribution in [3.05, 3.63) is 111 Å². The van der Waals surface area contributed by atoms with Gasteiger partial charge in [-0.1, -0.05) is 95.0 Å². The third-order valence-corrected chi connectivity index (χ3v) is 11.0. The van der Waals surface area contributed by atoms with Crippen LogP contribution in [-0.2, 0) is 23.1 Å². The van der Waals surface area contributed by atoms with Crippen molar-refractivity contribution in [2.75, 3.05) is 26.2 Å². The van der Waals surface area contributed by atoms with Crippen LogP contribution in [0.3, 0.4) is 0 Å². The first kappa shape index (κ1) is 34.6. The highest BCUT2D eigenvalue weighted by molar-refractivity contribution is 7.89. The van der Waals surface area contributed by atoms with Gasteiger partial charge in [0.25, 0.3) is 0 Å². The lowest BCUT2D eigenvalue weighted by molar-refractivity contribution is -0.938. The van der Waals surface area contributed by atoms with Crippen molar-refractivity contribution in [1.82, 2.24) is 4.31 Å². The van der Waals surface area contributed by atoms with E-state index < -0.39 is 10.0 Å². The minimum atomic E-state index is -3.88. The highest BCUT2D eigenvalue weighted by Crippen LogP contribution is 2.32. The molecule has 0 aliphatic rings. The van der Waals surface area contributed by atoms with E-state index in [-0.39, 0.29) is 38.5 Å². The third-order valence-electron chi connectivity index (χ3n) is 8.14. The van der Waals surface area contributed by atoms with E-state index in [1.165, 1.54) is 22.8 Å². The summed E-state index contributed by atoms with van der Waals surface area (Å²) in [5, 5.41) is 2.51. The summed E-state index contributed by atoms with van der Waals surface area (Å²) in [7, 11) is -3.88. The average Bonchev–Trinajstić information content (AvgIpc) is 2.94. The number of aryl methyl sites for hydroxylation is 2. The Labute approximate surface area is 272 Å². The number of unbranched alkanes of at least 4 members (excludes halogenated alkanes) is 1. The van der Waals surface area contributed by atoms with Crippen molar-refractivity contribution in [3.63, 3.8) is 0 Å². The van der Waals surface area contributed by atoms with Crippen molar-refractivity contribution < 1.29 is 29.9 Å². The van der Waals surface area contributed by atoms with Gasteiger partial charge in [0.05, 0.1) is 29.7 Å². The fraction of sp³-hybridized carbons (Fsp3) is 0.353. The van der Waals surface area contributed by atoms with Crippen molar-refractivity contribution in [3.8, 4) is 0 Å². The summed E-state index contributed by atoms with van der Waals surface area (Å²) in [6.45, 7) is 13.5. The third kappa shape index (κ3) is 8.37. The number of quaternary nitrogens is 1. The maximum absolute atomic E-state index is 14.0. The molecule has 0 aliphatic heterocycles. The normalized spacial score (nSPS) is 12.1. The molecule has 0 spiro atoms. The number of hydrogen-bond donors (Lipinski definition) is 0. The predicted molar refractivity (Wildman–Crippen MR) is 173 cm³/mol. The highest BCUT2D eigenvalue weighted by atomic mass is 79.9. The predicted octanol–water partition coefficient (Wildman–Crippen LogP) is 5.80. The van der Waals surface area contributed by atoms with Crippen LogP contribution in [0.1, 0.15) is 48.9 Å². The molecular weight excluding hydrogens is 651 g/mol. The minimum absolute atomic E-state index is 0. The van der Waals surface area contributed by atoms with Gasteiger partial charge in [0.1, 0.15) is 11.4 Å². The number of nitrogens with zero attached hydrogens (tertiary/aromatic N) is 2. The summed E-state index contributed by atoms with van der Waals surface area (Å²) >= 11 is 12.6. The van der Waals surface area contributed by atoms with Gasteiger partial charge in [0.2, 0.25) is 10.0 Å². The Morgan fingerprint density at radius 3 is 2.10 bits per heavy atom. The second-order valence-corrected chi connectivity index (χ2v) is 13.8. The maximum atomic E-state index is 14.0. The second kappa shape index (κ2) is 15.2. The Hall–Kier alpha value is -1.93. The summed E-state index contributed by atoms with van der Waals surface area (Å²) < 4.78 is 30.5. The molecule has 0 aromatic heterocycles. The number of rotatable bonds is 13. The minimum Gasteiger partial charge on any atom is -1.00 e. The number of sulfonamides is 1. The molecule has 4 rings (SSSR count). The first-order chi connectivity index (χ1) is 19.6. The molecule has 4 nitrogen and oxygen atoms in total. The molecule has 0 bridgehead atoms. The molecule has 0 fully saturated rings. The van der Waals surface area contributed by atoms with Crippen molar-refractivity contribution in [2.24, 2.45) is 0 Å². The quantitative estimate of drug-likeness (QED) is 0.131. The summed E-state index contributed by atoms with van der Waals surface area (Å²) in [5.74, 6) is 0. The van der Waals surface area contributed by atoms with Crippen molar-refractivity contribution in [1.29, 1.82) is 0 Å². The summed E-state index contributed by atoms with van der Waals surface area (Å²) in [6.07, 6.45) is 1.66. The van der Waals surface area contributed by atoms with Crippen LogP contribution in [0.25, 0.3) is 10.8 Å². The van der Waals surface area contributed by atoms with E-state index in [0.717, 1.165) is 59.8 Å². The number of fused-ring (bicyclic) bond motifs is 1. The van der Waals surface area contributed by atoms with Crippen LogP contribution in [0.2, 0.25) is 10.0 Å². The average molecular weight is 693 g/mol. The SMILES string of the molecule is CC[N+](CC)(CCCCN(Cc1ccc2ccccc2c1)S(=O)(=O)c1cccc(Cl)c1Cl)Cc1cc(C)cc(C)c1.[Br-]. The van der Waals surface area contributed by atoms with Crippen LogP contribution in [0, 0.1) is 13.8 Å². The fourth-order valence-electron chi connectivity index (χ4n) is 5.77. The number of hydrogen-bond acceptors (Lipinski definition) is 2. The van der Waals surface area contributed by atoms with Crippen LogP contribution >= 0.6 is 23.2 Å². The number of benzene rings is 4. The van der Waals surface area contributed by atoms with Crippen LogP contribution in [0.15, 0.2) is 83.8 Å². The molecule has 4 aromatic carbocycles.